The highest BCUT2D eigenvalue weighted by molar-refractivity contribution is 6.00. The van der Waals surface area contributed by atoms with Crippen molar-refractivity contribution in [3.63, 3.8) is 0 Å². The van der Waals surface area contributed by atoms with Crippen molar-refractivity contribution in [2.75, 3.05) is 12.4 Å². The molecule has 0 unspecified atom stereocenters. The van der Waals surface area contributed by atoms with E-state index in [4.69, 9.17) is 4.74 Å². The Labute approximate surface area is 186 Å². The molecule has 33 heavy (non-hydrogen) atoms. The fourth-order valence-electron chi connectivity index (χ4n) is 4.65. The van der Waals surface area contributed by atoms with Gasteiger partial charge in [-0.2, -0.15) is 13.2 Å². The monoisotopic (exact) mass is 459 g/mol. The van der Waals surface area contributed by atoms with Crippen LogP contribution in [0.25, 0.3) is 27.7 Å². The number of methoxy groups -OCH3 is 1. The molecule has 0 amide bonds. The van der Waals surface area contributed by atoms with E-state index in [2.05, 4.69) is 15.5 Å². The average molecular weight is 459 g/mol. The second-order valence-electron chi connectivity index (χ2n) is 8.69. The molecule has 0 atom stereocenters. The summed E-state index contributed by atoms with van der Waals surface area (Å²) in [6.45, 7) is 5.22. The summed E-state index contributed by atoms with van der Waals surface area (Å²) in [7, 11) is 3.01. The van der Waals surface area contributed by atoms with Gasteiger partial charge in [-0.05, 0) is 44.5 Å². The Morgan fingerprint density at radius 3 is 2.52 bits per heavy atom. The highest BCUT2D eigenvalue weighted by Crippen LogP contribution is 2.52. The molecule has 0 fully saturated rings. The third kappa shape index (κ3) is 3.00. The fourth-order valence-corrected chi connectivity index (χ4v) is 4.65. The van der Waals surface area contributed by atoms with E-state index in [0.717, 1.165) is 6.07 Å². The third-order valence-electron chi connectivity index (χ3n) is 6.06. The Morgan fingerprint density at radius 1 is 1.12 bits per heavy atom. The summed E-state index contributed by atoms with van der Waals surface area (Å²) < 4.78 is 67.7. The molecule has 1 aliphatic rings. The van der Waals surface area contributed by atoms with Gasteiger partial charge in [-0.25, -0.2) is 4.39 Å². The Hall–Kier alpha value is -3.56. The lowest BCUT2D eigenvalue weighted by molar-refractivity contribution is -0.137. The molecule has 0 spiro atoms. The lowest BCUT2D eigenvalue weighted by Gasteiger charge is -2.36. The average Bonchev–Trinajstić information content (AvgIpc) is 3.29. The van der Waals surface area contributed by atoms with Gasteiger partial charge in [0.15, 0.2) is 5.82 Å². The maximum absolute atomic E-state index is 14.8. The first-order valence-electron chi connectivity index (χ1n) is 10.2. The van der Waals surface area contributed by atoms with Gasteiger partial charge in [-0.15, -0.1) is 10.2 Å². The highest BCUT2D eigenvalue weighted by Gasteiger charge is 2.45. The van der Waals surface area contributed by atoms with Crippen molar-refractivity contribution in [2.45, 2.75) is 32.5 Å². The number of ether oxygens (including phenoxy) is 1. The van der Waals surface area contributed by atoms with E-state index >= 15 is 0 Å². The van der Waals surface area contributed by atoms with E-state index in [1.165, 1.54) is 23.8 Å². The first-order chi connectivity index (χ1) is 15.4. The van der Waals surface area contributed by atoms with Gasteiger partial charge in [-0.3, -0.25) is 4.57 Å². The van der Waals surface area contributed by atoms with Gasteiger partial charge in [0.05, 0.1) is 35.1 Å². The van der Waals surface area contributed by atoms with Crippen LogP contribution >= 0.6 is 0 Å². The summed E-state index contributed by atoms with van der Waals surface area (Å²) in [5.41, 5.74) is -1.31. The van der Waals surface area contributed by atoms with Gasteiger partial charge in [-0.1, -0.05) is 0 Å². The van der Waals surface area contributed by atoms with E-state index < -0.39 is 23.1 Å². The second-order valence-corrected chi connectivity index (χ2v) is 8.69. The molecule has 5 rings (SSSR count). The number of nitrogens with one attached hydrogen (secondary N) is 1. The normalized spacial score (nSPS) is 14.7. The minimum absolute atomic E-state index is 0.0192. The van der Waals surface area contributed by atoms with E-state index in [1.807, 2.05) is 13.8 Å². The first kappa shape index (κ1) is 21.3. The molecule has 0 aliphatic carbocycles. The van der Waals surface area contributed by atoms with Crippen molar-refractivity contribution in [1.82, 2.24) is 19.3 Å². The van der Waals surface area contributed by atoms with Gasteiger partial charge in [0.1, 0.15) is 17.4 Å². The molecule has 3 heterocycles. The number of aromatic nitrogens is 4. The van der Waals surface area contributed by atoms with E-state index in [9.17, 15) is 17.6 Å². The molecule has 4 aromatic rings. The number of nitrogens with zero attached hydrogens (tertiary/aromatic N) is 4. The predicted molar refractivity (Wildman–Crippen MR) is 116 cm³/mol. The van der Waals surface area contributed by atoms with Crippen molar-refractivity contribution >= 4 is 16.6 Å². The van der Waals surface area contributed by atoms with Crippen molar-refractivity contribution in [2.24, 2.45) is 7.05 Å². The number of halogens is 4. The molecule has 1 N–H and O–H groups in total. The van der Waals surface area contributed by atoms with Crippen LogP contribution in [-0.4, -0.2) is 26.4 Å². The number of alkyl halides is 3. The SMILES string of the molecule is COc1cc2c(c(C(F)(F)F)c1-c1cc(F)cc3c1ccn3C)-n1c(C)nnc1C(C)(C)N2. The molecule has 2 aromatic heterocycles. The van der Waals surface area contributed by atoms with Crippen molar-refractivity contribution in [3.8, 4) is 22.6 Å². The van der Waals surface area contributed by atoms with Gasteiger partial charge >= 0.3 is 6.18 Å². The first-order valence-corrected chi connectivity index (χ1v) is 10.2. The van der Waals surface area contributed by atoms with Gasteiger partial charge in [0.25, 0.3) is 0 Å². The maximum Gasteiger partial charge on any atom is 0.419 e. The van der Waals surface area contributed by atoms with Crippen molar-refractivity contribution < 1.29 is 22.3 Å². The van der Waals surface area contributed by atoms with Crippen LogP contribution in [0.3, 0.4) is 0 Å². The van der Waals surface area contributed by atoms with Crippen LogP contribution in [0.1, 0.15) is 31.1 Å². The number of hydrogen-bond donors (Lipinski definition) is 1. The molecule has 2 aromatic carbocycles. The topological polar surface area (TPSA) is 56.9 Å². The minimum atomic E-state index is -4.79. The van der Waals surface area contributed by atoms with Gasteiger partial charge in [0, 0.05) is 30.3 Å². The Morgan fingerprint density at radius 2 is 1.85 bits per heavy atom. The van der Waals surface area contributed by atoms with E-state index in [0.29, 0.717) is 22.6 Å². The molecule has 172 valence electrons. The molecule has 1 aliphatic heterocycles. The van der Waals surface area contributed by atoms with Gasteiger partial charge < -0.3 is 14.6 Å². The van der Waals surface area contributed by atoms with Crippen molar-refractivity contribution in [3.05, 3.63) is 53.5 Å². The van der Waals surface area contributed by atoms with Crippen LogP contribution in [0.5, 0.6) is 5.75 Å². The smallest absolute Gasteiger partial charge is 0.419 e. The number of rotatable bonds is 2. The quantitative estimate of drug-likeness (QED) is 0.399. The number of hydrogen-bond acceptors (Lipinski definition) is 4. The molecular formula is C23H21F4N5O. The molecule has 0 saturated carbocycles. The predicted octanol–water partition coefficient (Wildman–Crippen LogP) is 5.56. The zero-order valence-corrected chi connectivity index (χ0v) is 18.6. The molecule has 6 nitrogen and oxygen atoms in total. The van der Waals surface area contributed by atoms with Crippen LogP contribution < -0.4 is 10.1 Å². The Bertz CT molecular complexity index is 1430. The fraction of sp³-hybridized carbons (Fsp3) is 0.304. The second kappa shape index (κ2) is 6.72. The molecule has 0 saturated heterocycles. The molecule has 0 radical (unpaired) electrons. The number of benzene rings is 2. The molecular weight excluding hydrogens is 438 g/mol. The summed E-state index contributed by atoms with van der Waals surface area (Å²) in [5.74, 6) is -0.00770. The van der Waals surface area contributed by atoms with Crippen LogP contribution in [-0.2, 0) is 18.8 Å². The summed E-state index contributed by atoms with van der Waals surface area (Å²) in [6.07, 6.45) is -3.11. The highest BCUT2D eigenvalue weighted by atomic mass is 19.4. The lowest BCUT2D eigenvalue weighted by Crippen LogP contribution is -2.37. The summed E-state index contributed by atoms with van der Waals surface area (Å²) >= 11 is 0. The van der Waals surface area contributed by atoms with Crippen LogP contribution in [0, 0.1) is 12.7 Å². The Balaban J connectivity index is 1.99. The van der Waals surface area contributed by atoms with Crippen LogP contribution in [0.2, 0.25) is 0 Å². The van der Waals surface area contributed by atoms with Crippen LogP contribution in [0.15, 0.2) is 30.5 Å². The number of anilines is 1. The van der Waals surface area contributed by atoms with Crippen LogP contribution in [0.4, 0.5) is 23.2 Å². The summed E-state index contributed by atoms with van der Waals surface area (Å²) in [5, 5.41) is 11.8. The van der Waals surface area contributed by atoms with Crippen molar-refractivity contribution in [1.29, 1.82) is 0 Å². The zero-order valence-electron chi connectivity index (χ0n) is 18.6. The summed E-state index contributed by atoms with van der Waals surface area (Å²) in [6, 6.07) is 5.59. The molecule has 10 heteroatoms. The Kier molecular flexibility index (Phi) is 4.34. The maximum atomic E-state index is 14.8. The standard InChI is InChI=1S/C23H21F4N5O/c1-11-29-30-21-22(2,3)28-15-10-17(33-5)18(19(23(25,26)27)20(15)32(11)21)14-8-12(24)9-16-13(14)6-7-31(16)4/h6-10,28H,1-5H3. The largest absolute Gasteiger partial charge is 0.496 e. The van der Waals surface area contributed by atoms with E-state index in [-0.39, 0.29) is 28.3 Å². The zero-order chi connectivity index (χ0) is 23.9. The van der Waals surface area contributed by atoms with E-state index in [1.54, 1.807) is 30.8 Å². The minimum Gasteiger partial charge on any atom is -0.496 e. The van der Waals surface area contributed by atoms with Gasteiger partial charge in [0.2, 0.25) is 0 Å². The third-order valence-corrected chi connectivity index (χ3v) is 6.06. The number of fused-ring (bicyclic) bond motifs is 4. The number of aryl methyl sites for hydroxylation is 2. The molecule has 0 bridgehead atoms. The lowest BCUT2D eigenvalue weighted by atomic mass is 9.90. The summed E-state index contributed by atoms with van der Waals surface area (Å²) in [4.78, 5) is 0.